The Balaban J connectivity index is 1.75. The number of anilines is 1. The van der Waals surface area contributed by atoms with E-state index in [1.165, 1.54) is 10.9 Å². The van der Waals surface area contributed by atoms with Crippen molar-refractivity contribution < 1.29 is 23.1 Å². The van der Waals surface area contributed by atoms with E-state index in [9.17, 15) is 9.36 Å². The smallest absolute Gasteiger partial charge is 0.356 e. The van der Waals surface area contributed by atoms with Crippen LogP contribution in [0.2, 0.25) is 0 Å². The van der Waals surface area contributed by atoms with Crippen molar-refractivity contribution in [2.24, 2.45) is 0 Å². The van der Waals surface area contributed by atoms with Crippen molar-refractivity contribution in [1.82, 2.24) is 14.5 Å². The topological polar surface area (TPSA) is 128 Å². The molecule has 0 aliphatic rings. The summed E-state index contributed by atoms with van der Waals surface area (Å²) >= 11 is 0. The van der Waals surface area contributed by atoms with Crippen LogP contribution in [-0.4, -0.2) is 45.8 Å². The zero-order chi connectivity index (χ0) is 30.9. The largest absolute Gasteiger partial charge is 0.368 e. The van der Waals surface area contributed by atoms with Crippen molar-refractivity contribution in [1.29, 1.82) is 0 Å². The van der Waals surface area contributed by atoms with Gasteiger partial charge in [-0.05, 0) is 44.4 Å². The van der Waals surface area contributed by atoms with Crippen molar-refractivity contribution in [2.75, 3.05) is 18.7 Å². The van der Waals surface area contributed by atoms with E-state index in [2.05, 4.69) is 9.97 Å². The quantitative estimate of drug-likeness (QED) is 0.136. The average molecular weight is 607 g/mol. The first-order valence-electron chi connectivity index (χ1n) is 14.2. The molecule has 10 nitrogen and oxygen atoms in total. The number of rotatable bonds is 15. The molecule has 0 unspecified atom stereocenters. The Kier molecular flexibility index (Phi) is 11.0. The van der Waals surface area contributed by atoms with Gasteiger partial charge in [0.15, 0.2) is 0 Å². The molecule has 1 atom stereocenters. The summed E-state index contributed by atoms with van der Waals surface area (Å²) in [7, 11) is -3.66. The van der Waals surface area contributed by atoms with Gasteiger partial charge in [-0.3, -0.25) is 9.13 Å². The molecule has 4 aromatic rings. The van der Waals surface area contributed by atoms with E-state index < -0.39 is 25.0 Å². The third-order valence-electron chi connectivity index (χ3n) is 6.42. The molecule has 0 aliphatic heterocycles. The van der Waals surface area contributed by atoms with Crippen LogP contribution in [0, 0.1) is 0 Å². The number of benzene rings is 3. The number of hydrogen-bond donors (Lipinski definition) is 1. The van der Waals surface area contributed by atoms with Gasteiger partial charge in [0.2, 0.25) is 5.95 Å². The fourth-order valence-corrected chi connectivity index (χ4v) is 6.63. The highest BCUT2D eigenvalue weighted by molar-refractivity contribution is 7.53. The molecule has 0 radical (unpaired) electrons. The van der Waals surface area contributed by atoms with Crippen molar-refractivity contribution in [3.05, 3.63) is 124 Å². The Morgan fingerprint density at radius 3 is 1.70 bits per heavy atom. The lowest BCUT2D eigenvalue weighted by Gasteiger charge is -2.37. The molecule has 11 heteroatoms. The molecule has 0 saturated carbocycles. The van der Waals surface area contributed by atoms with E-state index in [1.54, 1.807) is 27.7 Å². The zero-order valence-electron chi connectivity index (χ0n) is 24.9. The predicted octanol–water partition coefficient (Wildman–Crippen LogP) is 5.62. The lowest BCUT2D eigenvalue weighted by Crippen LogP contribution is -2.39. The van der Waals surface area contributed by atoms with Gasteiger partial charge >= 0.3 is 13.3 Å². The maximum Gasteiger partial charge on any atom is 0.356 e. The molecular weight excluding hydrogens is 567 g/mol. The second kappa shape index (κ2) is 14.7. The third kappa shape index (κ3) is 8.46. The molecule has 0 amide bonds. The molecule has 0 spiro atoms. The summed E-state index contributed by atoms with van der Waals surface area (Å²) in [5.74, 6) is -0.133. The Bertz CT molecular complexity index is 1420. The van der Waals surface area contributed by atoms with E-state index in [0.29, 0.717) is 0 Å². The summed E-state index contributed by atoms with van der Waals surface area (Å²) in [6.07, 6.45) is -0.567. The first-order valence-corrected chi connectivity index (χ1v) is 15.9. The van der Waals surface area contributed by atoms with Crippen LogP contribution in [0.5, 0.6) is 0 Å². The van der Waals surface area contributed by atoms with Crippen molar-refractivity contribution in [2.45, 2.75) is 58.2 Å². The van der Waals surface area contributed by atoms with Crippen LogP contribution in [0.3, 0.4) is 0 Å². The van der Waals surface area contributed by atoms with Gasteiger partial charge in [0.05, 0.1) is 31.5 Å². The monoisotopic (exact) mass is 606 g/mol. The average Bonchev–Trinajstić information content (AvgIpc) is 2.98. The number of aromatic nitrogens is 3. The normalized spacial score (nSPS) is 13.0. The fourth-order valence-electron chi connectivity index (χ4n) is 4.78. The maximum atomic E-state index is 13.6. The second-order valence-electron chi connectivity index (χ2n) is 10.6. The second-order valence-corrected chi connectivity index (χ2v) is 12.5. The number of ether oxygens (including phenoxy) is 2. The number of nitrogen functional groups attached to an aromatic ring is 1. The molecule has 0 bridgehead atoms. The first kappa shape index (κ1) is 32.3. The van der Waals surface area contributed by atoms with Crippen molar-refractivity contribution >= 4 is 13.5 Å². The molecule has 228 valence electrons. The Morgan fingerprint density at radius 2 is 1.28 bits per heavy atom. The van der Waals surface area contributed by atoms with Crippen LogP contribution in [0.1, 0.15) is 44.4 Å². The summed E-state index contributed by atoms with van der Waals surface area (Å²) in [6.45, 7) is 7.08. The molecule has 0 aliphatic carbocycles. The van der Waals surface area contributed by atoms with Crippen LogP contribution >= 0.6 is 7.60 Å². The standard InChI is InChI=1S/C32H39N4O6P/c1-24(2)41-43(38,42-25(3)4)23-39-29(20-36-22-34-30(33)35-31(36)37)21-40-32(26-14-8-5-9-15-26,27-16-10-6-11-17-27)28-18-12-7-13-19-28/h5-19,22,24-25,29H,20-21,23H2,1-4H3,(H2,33,35,37)/t29-/m0/s1. The van der Waals surface area contributed by atoms with Gasteiger partial charge < -0.3 is 24.3 Å². The Morgan fingerprint density at radius 1 is 0.814 bits per heavy atom. The minimum Gasteiger partial charge on any atom is -0.368 e. The Labute approximate surface area is 252 Å². The van der Waals surface area contributed by atoms with Crippen LogP contribution < -0.4 is 11.4 Å². The summed E-state index contributed by atoms with van der Waals surface area (Å²) in [4.78, 5) is 20.4. The highest BCUT2D eigenvalue weighted by Crippen LogP contribution is 2.50. The third-order valence-corrected chi connectivity index (χ3v) is 8.37. The lowest BCUT2D eigenvalue weighted by molar-refractivity contribution is -0.0649. The number of nitrogens with two attached hydrogens (primary N) is 1. The molecule has 1 heterocycles. The minimum atomic E-state index is -3.66. The highest BCUT2D eigenvalue weighted by atomic mass is 31.2. The Hall–Kier alpha value is -3.66. The summed E-state index contributed by atoms with van der Waals surface area (Å²) in [6, 6.07) is 29.7. The van der Waals surface area contributed by atoms with Gasteiger partial charge in [0.1, 0.15) is 18.3 Å². The molecule has 1 aromatic heterocycles. The van der Waals surface area contributed by atoms with Crippen molar-refractivity contribution in [3.8, 4) is 0 Å². The molecule has 0 fully saturated rings. The number of nitrogens with zero attached hydrogens (tertiary/aromatic N) is 3. The maximum absolute atomic E-state index is 13.6. The van der Waals surface area contributed by atoms with Crippen LogP contribution in [0.25, 0.3) is 0 Å². The molecule has 0 saturated heterocycles. The van der Waals surface area contributed by atoms with Gasteiger partial charge in [-0.15, -0.1) is 0 Å². The molecule has 4 rings (SSSR count). The summed E-state index contributed by atoms with van der Waals surface area (Å²) < 4.78 is 39.5. The van der Waals surface area contributed by atoms with E-state index in [-0.39, 0.29) is 37.7 Å². The van der Waals surface area contributed by atoms with E-state index >= 15 is 0 Å². The fraction of sp³-hybridized carbons (Fsp3) is 0.344. The molecule has 43 heavy (non-hydrogen) atoms. The zero-order valence-corrected chi connectivity index (χ0v) is 25.8. The first-order chi connectivity index (χ1) is 20.6. The molecular formula is C32H39N4O6P. The van der Waals surface area contributed by atoms with Gasteiger partial charge in [0, 0.05) is 0 Å². The molecule has 2 N–H and O–H groups in total. The highest BCUT2D eigenvalue weighted by Gasteiger charge is 2.39. The van der Waals surface area contributed by atoms with Gasteiger partial charge in [-0.25, -0.2) is 9.78 Å². The SMILES string of the molecule is CC(C)OP(=O)(CO[C@H](COC(c1ccccc1)(c1ccccc1)c1ccccc1)Cn1cnc(N)nc1=O)OC(C)C. The van der Waals surface area contributed by atoms with E-state index in [1.807, 2.05) is 91.0 Å². The van der Waals surface area contributed by atoms with Gasteiger partial charge in [-0.2, -0.15) is 4.98 Å². The van der Waals surface area contributed by atoms with Crippen LogP contribution in [0.15, 0.2) is 102 Å². The van der Waals surface area contributed by atoms with E-state index in [0.717, 1.165) is 16.7 Å². The minimum absolute atomic E-state index is 0.00306. The molecule has 3 aromatic carbocycles. The predicted molar refractivity (Wildman–Crippen MR) is 166 cm³/mol. The van der Waals surface area contributed by atoms with Crippen molar-refractivity contribution in [3.63, 3.8) is 0 Å². The van der Waals surface area contributed by atoms with Gasteiger partial charge in [-0.1, -0.05) is 91.0 Å². The lowest BCUT2D eigenvalue weighted by atomic mass is 9.80. The number of hydrogen-bond acceptors (Lipinski definition) is 9. The summed E-state index contributed by atoms with van der Waals surface area (Å²) in [5, 5.41) is 0. The van der Waals surface area contributed by atoms with Gasteiger partial charge in [0.25, 0.3) is 0 Å². The summed E-state index contributed by atoms with van der Waals surface area (Å²) in [5.41, 5.74) is 6.67. The van der Waals surface area contributed by atoms with E-state index in [4.69, 9.17) is 24.3 Å². The van der Waals surface area contributed by atoms with Crippen LogP contribution in [0.4, 0.5) is 5.95 Å². The van der Waals surface area contributed by atoms with Crippen LogP contribution in [-0.2, 0) is 35.2 Å².